The van der Waals surface area contributed by atoms with Gasteiger partial charge in [-0.1, -0.05) is 59.9 Å². The third-order valence-corrected chi connectivity index (χ3v) is 6.99. The van der Waals surface area contributed by atoms with Gasteiger partial charge in [-0.15, -0.1) is 5.10 Å². The van der Waals surface area contributed by atoms with Gasteiger partial charge in [0.25, 0.3) is 5.56 Å². The summed E-state index contributed by atoms with van der Waals surface area (Å²) in [5.41, 5.74) is 5.24. The molecule has 0 aliphatic heterocycles. The van der Waals surface area contributed by atoms with E-state index in [0.29, 0.717) is 21.9 Å². The average molecular weight is 506 g/mol. The molecule has 3 heterocycles. The number of thiazole rings is 1. The first kappa shape index (κ1) is 22.9. The van der Waals surface area contributed by atoms with Crippen molar-refractivity contribution >= 4 is 22.4 Å². The van der Waals surface area contributed by atoms with Crippen LogP contribution in [0.15, 0.2) is 89.9 Å². The highest BCUT2D eigenvalue weighted by atomic mass is 32.1. The molecular weight excluding hydrogens is 482 g/mol. The van der Waals surface area contributed by atoms with Gasteiger partial charge < -0.3 is 4.74 Å². The Labute approximate surface area is 216 Å². The first-order chi connectivity index (χ1) is 18.1. The molecule has 0 saturated heterocycles. The number of rotatable bonds is 6. The number of nitrogens with zero attached hydrogens (tertiary/aromatic N) is 5. The van der Waals surface area contributed by atoms with Crippen LogP contribution < -0.4 is 14.8 Å². The van der Waals surface area contributed by atoms with Gasteiger partial charge in [0.15, 0.2) is 5.82 Å². The highest BCUT2D eigenvalue weighted by Gasteiger charge is 2.16. The third-order valence-electron chi connectivity index (χ3n) is 6.03. The molecule has 6 rings (SSSR count). The lowest BCUT2D eigenvalue weighted by Gasteiger charge is -2.08. The molecule has 0 bridgehead atoms. The van der Waals surface area contributed by atoms with Crippen molar-refractivity contribution in [2.75, 3.05) is 6.61 Å². The molecule has 0 unspecified atom stereocenters. The van der Waals surface area contributed by atoms with Gasteiger partial charge in [0.2, 0.25) is 4.96 Å². The molecule has 0 fully saturated rings. The lowest BCUT2D eigenvalue weighted by molar-refractivity contribution is 0.340. The quantitative estimate of drug-likeness (QED) is 0.321. The van der Waals surface area contributed by atoms with E-state index in [-0.39, 0.29) is 5.56 Å². The maximum Gasteiger partial charge on any atom is 0.291 e. The molecule has 0 N–H and O–H groups in total. The van der Waals surface area contributed by atoms with Crippen LogP contribution in [0.3, 0.4) is 0 Å². The molecule has 6 aromatic rings. The zero-order valence-electron chi connectivity index (χ0n) is 20.3. The number of benzene rings is 3. The molecule has 8 heteroatoms. The van der Waals surface area contributed by atoms with Crippen LogP contribution in [0.1, 0.15) is 18.1 Å². The summed E-state index contributed by atoms with van der Waals surface area (Å²) in [6.45, 7) is 4.61. The number of hydrogen-bond donors (Lipinski definition) is 0. The van der Waals surface area contributed by atoms with Crippen LogP contribution in [0.4, 0.5) is 0 Å². The van der Waals surface area contributed by atoms with Crippen molar-refractivity contribution in [2.24, 2.45) is 0 Å². The topological polar surface area (TPSA) is 74.3 Å². The van der Waals surface area contributed by atoms with Crippen LogP contribution in [0.25, 0.3) is 39.4 Å². The van der Waals surface area contributed by atoms with E-state index < -0.39 is 0 Å². The first-order valence-electron chi connectivity index (χ1n) is 12.0. The summed E-state index contributed by atoms with van der Waals surface area (Å²) >= 11 is 1.32. The van der Waals surface area contributed by atoms with Crippen molar-refractivity contribution in [2.45, 2.75) is 13.8 Å². The van der Waals surface area contributed by atoms with Crippen LogP contribution in [0.2, 0.25) is 0 Å². The number of para-hydroxylation sites is 1. The fraction of sp³-hybridized carbons (Fsp3) is 0.103. The van der Waals surface area contributed by atoms with Crippen molar-refractivity contribution in [3.05, 3.63) is 111 Å². The lowest BCUT2D eigenvalue weighted by atomic mass is 10.0. The summed E-state index contributed by atoms with van der Waals surface area (Å²) in [6.07, 6.45) is 3.83. The normalized spacial score (nSPS) is 11.9. The van der Waals surface area contributed by atoms with E-state index in [1.165, 1.54) is 15.9 Å². The van der Waals surface area contributed by atoms with E-state index >= 15 is 0 Å². The second kappa shape index (κ2) is 9.48. The van der Waals surface area contributed by atoms with E-state index in [9.17, 15) is 4.79 Å². The second-order valence-electron chi connectivity index (χ2n) is 8.53. The van der Waals surface area contributed by atoms with Gasteiger partial charge in [-0.2, -0.15) is 14.6 Å². The summed E-state index contributed by atoms with van der Waals surface area (Å²) in [7, 11) is 0. The average Bonchev–Trinajstić information content (AvgIpc) is 3.61. The molecule has 0 atom stereocenters. The van der Waals surface area contributed by atoms with Crippen LogP contribution in [-0.4, -0.2) is 31.0 Å². The standard InChI is InChI=1S/C29H23N5O2S/c1-3-36-23-14-15-24(19(2)16-23)26-21(18-33(31-26)22-12-8-5-9-13-22)17-25-28(35)34-29(37-25)30-27(32-34)20-10-6-4-7-11-20/h4-18H,3H2,1-2H3/b25-17-. The summed E-state index contributed by atoms with van der Waals surface area (Å²) in [6, 6.07) is 25.5. The van der Waals surface area contributed by atoms with Crippen molar-refractivity contribution in [1.29, 1.82) is 0 Å². The second-order valence-corrected chi connectivity index (χ2v) is 9.54. The van der Waals surface area contributed by atoms with Gasteiger partial charge >= 0.3 is 0 Å². The maximum atomic E-state index is 13.3. The summed E-state index contributed by atoms with van der Waals surface area (Å²) in [4.78, 5) is 18.4. The number of aryl methyl sites for hydroxylation is 1. The highest BCUT2D eigenvalue weighted by molar-refractivity contribution is 7.15. The minimum atomic E-state index is -0.198. The SMILES string of the molecule is CCOc1ccc(-c2nn(-c3ccccc3)cc2/C=c2\sc3nc(-c4ccccc4)nn3c2=O)c(C)c1. The zero-order chi connectivity index (χ0) is 25.4. The largest absolute Gasteiger partial charge is 0.494 e. The van der Waals surface area contributed by atoms with E-state index in [2.05, 4.69) is 10.1 Å². The monoisotopic (exact) mass is 505 g/mol. The molecule has 0 saturated carbocycles. The Kier molecular flexibility index (Phi) is 5.86. The molecule has 3 aromatic heterocycles. The molecule has 182 valence electrons. The van der Waals surface area contributed by atoms with Gasteiger partial charge in [-0.3, -0.25) is 4.79 Å². The Morgan fingerprint density at radius 1 is 0.973 bits per heavy atom. The Morgan fingerprint density at radius 3 is 2.43 bits per heavy atom. The summed E-state index contributed by atoms with van der Waals surface area (Å²) in [5, 5.41) is 9.39. The lowest BCUT2D eigenvalue weighted by Crippen LogP contribution is -2.23. The third kappa shape index (κ3) is 4.32. The molecule has 0 radical (unpaired) electrons. The molecule has 0 aliphatic carbocycles. The van der Waals surface area contributed by atoms with E-state index in [1.54, 1.807) is 0 Å². The Bertz CT molecular complexity index is 1820. The van der Waals surface area contributed by atoms with Gasteiger partial charge in [0, 0.05) is 22.9 Å². The van der Waals surface area contributed by atoms with Crippen LogP contribution in [-0.2, 0) is 0 Å². The zero-order valence-corrected chi connectivity index (χ0v) is 21.1. The summed E-state index contributed by atoms with van der Waals surface area (Å²) < 4.78 is 9.44. The molecule has 0 spiro atoms. The first-order valence-corrected chi connectivity index (χ1v) is 12.8. The van der Waals surface area contributed by atoms with Crippen molar-refractivity contribution in [3.63, 3.8) is 0 Å². The van der Waals surface area contributed by atoms with Crippen molar-refractivity contribution in [3.8, 4) is 34.1 Å². The van der Waals surface area contributed by atoms with E-state index in [4.69, 9.17) is 9.84 Å². The fourth-order valence-electron chi connectivity index (χ4n) is 4.26. The van der Waals surface area contributed by atoms with Crippen LogP contribution in [0.5, 0.6) is 5.75 Å². The predicted octanol–water partition coefficient (Wildman–Crippen LogP) is 4.93. The number of fused-ring (bicyclic) bond motifs is 1. The molecule has 0 amide bonds. The van der Waals surface area contributed by atoms with Crippen LogP contribution >= 0.6 is 11.3 Å². The van der Waals surface area contributed by atoms with Gasteiger partial charge in [-0.25, -0.2) is 4.68 Å². The molecule has 3 aromatic carbocycles. The minimum absolute atomic E-state index is 0.198. The maximum absolute atomic E-state index is 13.3. The molecular formula is C29H23N5O2S. The van der Waals surface area contributed by atoms with E-state index in [0.717, 1.165) is 39.4 Å². The minimum Gasteiger partial charge on any atom is -0.494 e. The van der Waals surface area contributed by atoms with E-state index in [1.807, 2.05) is 110 Å². The predicted molar refractivity (Wildman–Crippen MR) is 146 cm³/mol. The van der Waals surface area contributed by atoms with Gasteiger partial charge in [0.1, 0.15) is 11.4 Å². The molecule has 0 aliphatic rings. The van der Waals surface area contributed by atoms with Crippen LogP contribution in [0, 0.1) is 6.92 Å². The van der Waals surface area contributed by atoms with Gasteiger partial charge in [0.05, 0.1) is 16.8 Å². The van der Waals surface area contributed by atoms with Crippen molar-refractivity contribution in [1.82, 2.24) is 24.4 Å². The Hall–Kier alpha value is -4.56. The van der Waals surface area contributed by atoms with Gasteiger partial charge in [-0.05, 0) is 55.8 Å². The highest BCUT2D eigenvalue weighted by Crippen LogP contribution is 2.30. The number of aromatic nitrogens is 5. The number of hydrogen-bond acceptors (Lipinski definition) is 6. The fourth-order valence-corrected chi connectivity index (χ4v) is 5.16. The molecule has 7 nitrogen and oxygen atoms in total. The Balaban J connectivity index is 1.49. The number of ether oxygens (including phenoxy) is 1. The van der Waals surface area contributed by atoms with Crippen molar-refractivity contribution < 1.29 is 4.74 Å². The summed E-state index contributed by atoms with van der Waals surface area (Å²) in [5.74, 6) is 1.36. The Morgan fingerprint density at radius 2 is 1.73 bits per heavy atom. The smallest absolute Gasteiger partial charge is 0.291 e. The molecule has 37 heavy (non-hydrogen) atoms.